The van der Waals surface area contributed by atoms with Gasteiger partial charge in [0, 0.05) is 5.02 Å². The molecule has 6 nitrogen and oxygen atoms in total. The van der Waals surface area contributed by atoms with Crippen LogP contribution in [0.5, 0.6) is 5.75 Å². The van der Waals surface area contributed by atoms with Crippen LogP contribution in [0.3, 0.4) is 0 Å². The third kappa shape index (κ3) is 5.28. The normalized spacial score (nSPS) is 11.1. The zero-order chi connectivity index (χ0) is 22.8. The van der Waals surface area contributed by atoms with E-state index in [9.17, 15) is 17.6 Å². The lowest BCUT2D eigenvalue weighted by Gasteiger charge is -2.13. The molecule has 0 saturated heterocycles. The van der Waals surface area contributed by atoms with E-state index in [1.165, 1.54) is 31.4 Å². The fourth-order valence-corrected chi connectivity index (χ4v) is 4.30. The number of sulfonamides is 1. The minimum absolute atomic E-state index is 0.0929. The van der Waals surface area contributed by atoms with Gasteiger partial charge in [-0.2, -0.15) is 0 Å². The summed E-state index contributed by atoms with van der Waals surface area (Å²) in [5, 5.41) is 2.81. The first-order chi connectivity index (χ1) is 14.6. The second-order valence-electron chi connectivity index (χ2n) is 6.53. The molecule has 3 aromatic rings. The van der Waals surface area contributed by atoms with E-state index in [0.717, 1.165) is 17.7 Å². The summed E-state index contributed by atoms with van der Waals surface area (Å²) in [6.45, 7) is 1.79. The SMILES string of the molecule is COc1ccc(C)cc1NS(=O)(=O)c1ccc(NC(=O)c2ccc(Cl)cc2Cl)c(F)c1. The van der Waals surface area contributed by atoms with Crippen LogP contribution in [-0.4, -0.2) is 21.4 Å². The zero-order valence-electron chi connectivity index (χ0n) is 16.4. The standard InChI is InChI=1S/C21H17Cl2FN2O4S/c1-12-3-8-20(30-2)19(9-12)26-31(28,29)14-5-7-18(17(24)11-14)25-21(27)15-6-4-13(22)10-16(15)23/h3-11,26H,1-2H3,(H,25,27). The van der Waals surface area contributed by atoms with Crippen molar-refractivity contribution in [2.75, 3.05) is 17.1 Å². The average molecular weight is 483 g/mol. The molecule has 0 radical (unpaired) electrons. The number of anilines is 2. The Morgan fingerprint density at radius 2 is 1.74 bits per heavy atom. The van der Waals surface area contributed by atoms with Gasteiger partial charge < -0.3 is 10.1 Å². The molecular formula is C21H17Cl2FN2O4S. The van der Waals surface area contributed by atoms with E-state index in [2.05, 4.69) is 10.0 Å². The van der Waals surface area contributed by atoms with Crippen molar-refractivity contribution in [3.05, 3.63) is 81.6 Å². The van der Waals surface area contributed by atoms with Crippen molar-refractivity contribution in [3.8, 4) is 5.75 Å². The molecule has 0 aliphatic heterocycles. The Hall–Kier alpha value is -2.81. The number of amides is 1. The van der Waals surface area contributed by atoms with Crippen molar-refractivity contribution < 1.29 is 22.3 Å². The van der Waals surface area contributed by atoms with Gasteiger partial charge in [0.05, 0.1) is 34.0 Å². The minimum Gasteiger partial charge on any atom is -0.495 e. The Morgan fingerprint density at radius 3 is 2.39 bits per heavy atom. The second kappa shape index (κ2) is 9.13. The first-order valence-electron chi connectivity index (χ1n) is 8.84. The Kier molecular flexibility index (Phi) is 6.74. The minimum atomic E-state index is -4.11. The van der Waals surface area contributed by atoms with Gasteiger partial charge in [0.2, 0.25) is 0 Å². The molecule has 0 aromatic heterocycles. The van der Waals surface area contributed by atoms with E-state index in [1.807, 2.05) is 0 Å². The van der Waals surface area contributed by atoms with Crippen LogP contribution in [0.4, 0.5) is 15.8 Å². The fraction of sp³-hybridized carbons (Fsp3) is 0.0952. The van der Waals surface area contributed by atoms with E-state index in [4.69, 9.17) is 27.9 Å². The highest BCUT2D eigenvalue weighted by molar-refractivity contribution is 7.92. The van der Waals surface area contributed by atoms with Crippen molar-refractivity contribution in [2.24, 2.45) is 0 Å². The monoisotopic (exact) mass is 482 g/mol. The lowest BCUT2D eigenvalue weighted by atomic mass is 10.2. The number of benzene rings is 3. The molecule has 31 heavy (non-hydrogen) atoms. The van der Waals surface area contributed by atoms with Gasteiger partial charge in [-0.25, -0.2) is 12.8 Å². The van der Waals surface area contributed by atoms with E-state index >= 15 is 0 Å². The Balaban J connectivity index is 1.84. The maximum atomic E-state index is 14.6. The maximum Gasteiger partial charge on any atom is 0.262 e. The van der Waals surface area contributed by atoms with Crippen molar-refractivity contribution in [3.63, 3.8) is 0 Å². The van der Waals surface area contributed by atoms with Gasteiger partial charge in [-0.1, -0.05) is 29.3 Å². The fourth-order valence-electron chi connectivity index (χ4n) is 2.73. The Morgan fingerprint density at radius 1 is 1.00 bits per heavy atom. The van der Waals surface area contributed by atoms with Crippen LogP contribution in [0.2, 0.25) is 10.0 Å². The summed E-state index contributed by atoms with van der Waals surface area (Å²) in [7, 11) is -2.70. The highest BCUT2D eigenvalue weighted by Crippen LogP contribution is 2.29. The molecule has 0 bridgehead atoms. The van der Waals surface area contributed by atoms with Gasteiger partial charge >= 0.3 is 0 Å². The molecule has 0 spiro atoms. The number of nitrogens with one attached hydrogen (secondary N) is 2. The van der Waals surface area contributed by atoms with Gasteiger partial charge in [0.1, 0.15) is 11.6 Å². The molecule has 0 aliphatic rings. The number of rotatable bonds is 6. The number of carbonyl (C=O) groups excluding carboxylic acids is 1. The molecule has 0 aliphatic carbocycles. The lowest BCUT2D eigenvalue weighted by molar-refractivity contribution is 0.102. The van der Waals surface area contributed by atoms with Gasteiger partial charge in [-0.05, 0) is 61.0 Å². The van der Waals surface area contributed by atoms with Crippen LogP contribution in [0.1, 0.15) is 15.9 Å². The molecule has 162 valence electrons. The molecular weight excluding hydrogens is 466 g/mol. The molecule has 10 heteroatoms. The maximum absolute atomic E-state index is 14.6. The molecule has 1 amide bonds. The summed E-state index contributed by atoms with van der Waals surface area (Å²) in [5.41, 5.74) is 0.916. The Labute approximate surface area is 189 Å². The van der Waals surface area contributed by atoms with E-state index in [1.54, 1.807) is 25.1 Å². The van der Waals surface area contributed by atoms with Gasteiger partial charge in [-0.15, -0.1) is 0 Å². The quantitative estimate of drug-likeness (QED) is 0.485. The van der Waals surface area contributed by atoms with Gasteiger partial charge in [0.15, 0.2) is 0 Å². The van der Waals surface area contributed by atoms with Crippen LogP contribution in [0.25, 0.3) is 0 Å². The van der Waals surface area contributed by atoms with E-state index in [-0.39, 0.29) is 26.9 Å². The second-order valence-corrected chi connectivity index (χ2v) is 9.06. The first-order valence-corrected chi connectivity index (χ1v) is 11.1. The van der Waals surface area contributed by atoms with E-state index in [0.29, 0.717) is 10.8 Å². The molecule has 0 saturated carbocycles. The third-order valence-electron chi connectivity index (χ3n) is 4.27. The van der Waals surface area contributed by atoms with Crippen molar-refractivity contribution >= 4 is 50.5 Å². The summed E-state index contributed by atoms with van der Waals surface area (Å²) >= 11 is 11.8. The van der Waals surface area contributed by atoms with Crippen LogP contribution in [-0.2, 0) is 10.0 Å². The predicted octanol–water partition coefficient (Wildman–Crippen LogP) is 5.50. The lowest BCUT2D eigenvalue weighted by Crippen LogP contribution is -2.16. The molecule has 0 heterocycles. The van der Waals surface area contributed by atoms with Crippen molar-refractivity contribution in [2.45, 2.75) is 11.8 Å². The molecule has 0 unspecified atom stereocenters. The topological polar surface area (TPSA) is 84.5 Å². The van der Waals surface area contributed by atoms with Gasteiger partial charge in [-0.3, -0.25) is 9.52 Å². The van der Waals surface area contributed by atoms with Crippen LogP contribution in [0.15, 0.2) is 59.5 Å². The molecule has 3 rings (SSSR count). The molecule has 2 N–H and O–H groups in total. The summed E-state index contributed by atoms with van der Waals surface area (Å²) in [5.74, 6) is -1.28. The van der Waals surface area contributed by atoms with Crippen LogP contribution >= 0.6 is 23.2 Å². The van der Waals surface area contributed by atoms with Gasteiger partial charge in [0.25, 0.3) is 15.9 Å². The van der Waals surface area contributed by atoms with E-state index < -0.39 is 21.7 Å². The smallest absolute Gasteiger partial charge is 0.262 e. The molecule has 3 aromatic carbocycles. The highest BCUT2D eigenvalue weighted by atomic mass is 35.5. The van der Waals surface area contributed by atoms with Crippen molar-refractivity contribution in [1.29, 1.82) is 0 Å². The number of hydrogen-bond donors (Lipinski definition) is 2. The average Bonchev–Trinajstić information content (AvgIpc) is 2.69. The first kappa shape index (κ1) is 22.9. The van der Waals surface area contributed by atoms with Crippen LogP contribution < -0.4 is 14.8 Å². The summed E-state index contributed by atoms with van der Waals surface area (Å²) < 4.78 is 47.6. The van der Waals surface area contributed by atoms with Crippen LogP contribution in [0, 0.1) is 12.7 Å². The number of ether oxygens (including phenoxy) is 1. The predicted molar refractivity (Wildman–Crippen MR) is 119 cm³/mol. The number of methoxy groups -OCH3 is 1. The molecule has 0 atom stereocenters. The number of halogens is 3. The number of aryl methyl sites for hydroxylation is 1. The zero-order valence-corrected chi connectivity index (χ0v) is 18.7. The summed E-state index contributed by atoms with van der Waals surface area (Å²) in [6, 6.07) is 12.4. The number of hydrogen-bond acceptors (Lipinski definition) is 4. The number of carbonyl (C=O) groups is 1. The largest absolute Gasteiger partial charge is 0.495 e. The third-order valence-corrected chi connectivity index (χ3v) is 6.19. The highest BCUT2D eigenvalue weighted by Gasteiger charge is 2.20. The summed E-state index contributed by atoms with van der Waals surface area (Å²) in [4.78, 5) is 12.1. The molecule has 0 fully saturated rings. The summed E-state index contributed by atoms with van der Waals surface area (Å²) in [6.07, 6.45) is 0. The Bertz CT molecular complexity index is 1270. The van der Waals surface area contributed by atoms with Crippen molar-refractivity contribution in [1.82, 2.24) is 0 Å².